The lowest BCUT2D eigenvalue weighted by atomic mass is 9.82. The zero-order valence-corrected chi connectivity index (χ0v) is 12.5. The van der Waals surface area contributed by atoms with Crippen LogP contribution in [-0.2, 0) is 14.9 Å². The van der Waals surface area contributed by atoms with Crippen LogP contribution in [0.4, 0.5) is 0 Å². The molecule has 0 aromatic heterocycles. The molecule has 0 bridgehead atoms. The summed E-state index contributed by atoms with van der Waals surface area (Å²) >= 11 is 0. The second kappa shape index (κ2) is 6.60. The van der Waals surface area contributed by atoms with E-state index >= 15 is 0 Å². The molecule has 0 aliphatic heterocycles. The van der Waals surface area contributed by atoms with Gasteiger partial charge in [-0.1, -0.05) is 32.9 Å². The molecule has 0 saturated carbocycles. The monoisotopic (exact) mass is 264 g/mol. The van der Waals surface area contributed by atoms with Crippen molar-refractivity contribution in [2.24, 2.45) is 0 Å². The van der Waals surface area contributed by atoms with Crippen molar-refractivity contribution in [1.29, 1.82) is 0 Å². The van der Waals surface area contributed by atoms with Crippen molar-refractivity contribution in [3.63, 3.8) is 0 Å². The summed E-state index contributed by atoms with van der Waals surface area (Å²) in [7, 11) is 0. The van der Waals surface area contributed by atoms with E-state index in [1.54, 1.807) is 0 Å². The quantitative estimate of drug-likeness (QED) is 0.735. The average molecular weight is 264 g/mol. The van der Waals surface area contributed by atoms with Crippen molar-refractivity contribution in [3.8, 4) is 5.75 Å². The summed E-state index contributed by atoms with van der Waals surface area (Å²) < 4.78 is 10.4. The van der Waals surface area contributed by atoms with Gasteiger partial charge in [0, 0.05) is 0 Å². The molecule has 0 amide bonds. The number of esters is 1. The van der Waals surface area contributed by atoms with Crippen LogP contribution in [0.5, 0.6) is 5.75 Å². The van der Waals surface area contributed by atoms with Crippen LogP contribution in [0, 0.1) is 0 Å². The maximum absolute atomic E-state index is 11.4. The minimum atomic E-state index is -0.340. The van der Waals surface area contributed by atoms with Crippen LogP contribution in [0.25, 0.3) is 0 Å². The molecule has 1 aromatic carbocycles. The van der Waals surface area contributed by atoms with E-state index in [2.05, 4.69) is 20.8 Å². The molecule has 0 fully saturated rings. The largest absolute Gasteiger partial charge is 0.482 e. The summed E-state index contributed by atoms with van der Waals surface area (Å²) in [5.74, 6) is 0.351. The highest BCUT2D eigenvalue weighted by atomic mass is 16.6. The Balaban J connectivity index is 2.56. The second-order valence-corrected chi connectivity index (χ2v) is 5.59. The van der Waals surface area contributed by atoms with Crippen molar-refractivity contribution in [2.75, 3.05) is 6.61 Å². The Hall–Kier alpha value is -1.51. The van der Waals surface area contributed by atoms with Gasteiger partial charge in [-0.2, -0.15) is 0 Å². The average Bonchev–Trinajstić information content (AvgIpc) is 2.36. The molecule has 0 N–H and O–H groups in total. The highest BCUT2D eigenvalue weighted by molar-refractivity contribution is 5.71. The van der Waals surface area contributed by atoms with Crippen LogP contribution in [0.1, 0.15) is 46.6 Å². The van der Waals surface area contributed by atoms with Gasteiger partial charge in [-0.15, -0.1) is 0 Å². The minimum Gasteiger partial charge on any atom is -0.482 e. The van der Waals surface area contributed by atoms with Crippen LogP contribution in [0.2, 0.25) is 0 Å². The Morgan fingerprint density at radius 3 is 2.26 bits per heavy atom. The third-order valence-corrected chi connectivity index (χ3v) is 3.24. The molecule has 0 unspecified atom stereocenters. The second-order valence-electron chi connectivity index (χ2n) is 5.59. The topological polar surface area (TPSA) is 35.5 Å². The zero-order chi connectivity index (χ0) is 14.5. The van der Waals surface area contributed by atoms with Gasteiger partial charge in [-0.3, -0.25) is 0 Å². The normalized spacial score (nSPS) is 11.5. The lowest BCUT2D eigenvalue weighted by Crippen LogP contribution is -2.19. The van der Waals surface area contributed by atoms with Gasteiger partial charge in [0.25, 0.3) is 0 Å². The number of benzene rings is 1. The van der Waals surface area contributed by atoms with E-state index in [9.17, 15) is 4.79 Å². The van der Waals surface area contributed by atoms with Crippen molar-refractivity contribution in [1.82, 2.24) is 0 Å². The first-order valence-corrected chi connectivity index (χ1v) is 6.78. The summed E-state index contributed by atoms with van der Waals surface area (Å²) in [6.07, 6.45) is 0.970. The van der Waals surface area contributed by atoms with Gasteiger partial charge < -0.3 is 9.47 Å². The van der Waals surface area contributed by atoms with E-state index in [1.165, 1.54) is 5.56 Å². The number of hydrogen-bond acceptors (Lipinski definition) is 3. The molecule has 1 aromatic rings. The fourth-order valence-electron chi connectivity index (χ4n) is 1.65. The predicted octanol–water partition coefficient (Wildman–Crippen LogP) is 3.70. The Morgan fingerprint density at radius 1 is 1.21 bits per heavy atom. The van der Waals surface area contributed by atoms with Crippen LogP contribution < -0.4 is 4.74 Å². The standard InChI is InChI=1S/C16H24O3/c1-6-16(4,5)13-7-9-14(10-8-13)18-11-15(17)19-12(2)3/h7-10,12H,6,11H2,1-5H3. The van der Waals surface area contributed by atoms with E-state index in [1.807, 2.05) is 38.1 Å². The summed E-state index contributed by atoms with van der Waals surface area (Å²) in [6, 6.07) is 7.89. The lowest BCUT2D eigenvalue weighted by Gasteiger charge is -2.23. The number of hydrogen-bond donors (Lipinski definition) is 0. The van der Waals surface area contributed by atoms with Crippen molar-refractivity contribution in [2.45, 2.75) is 52.6 Å². The Morgan fingerprint density at radius 2 is 1.79 bits per heavy atom. The molecule has 1 rings (SSSR count). The van der Waals surface area contributed by atoms with Crippen LogP contribution in [-0.4, -0.2) is 18.7 Å². The van der Waals surface area contributed by atoms with Gasteiger partial charge in [0.2, 0.25) is 0 Å². The SMILES string of the molecule is CCC(C)(C)c1ccc(OCC(=O)OC(C)C)cc1. The van der Waals surface area contributed by atoms with E-state index < -0.39 is 0 Å². The summed E-state index contributed by atoms with van der Waals surface area (Å²) in [4.78, 5) is 11.4. The minimum absolute atomic E-state index is 0.0469. The number of carbonyl (C=O) groups is 1. The highest BCUT2D eigenvalue weighted by Crippen LogP contribution is 2.27. The molecule has 0 saturated heterocycles. The number of ether oxygens (including phenoxy) is 2. The molecule has 3 nitrogen and oxygen atoms in total. The summed E-state index contributed by atoms with van der Waals surface area (Å²) in [6.45, 7) is 10.2. The van der Waals surface area contributed by atoms with Crippen LogP contribution >= 0.6 is 0 Å². The molecule has 0 heterocycles. The van der Waals surface area contributed by atoms with Crippen LogP contribution in [0.3, 0.4) is 0 Å². The third-order valence-electron chi connectivity index (χ3n) is 3.24. The number of rotatable bonds is 6. The molecule has 0 aliphatic carbocycles. The highest BCUT2D eigenvalue weighted by Gasteiger charge is 2.17. The summed E-state index contributed by atoms with van der Waals surface area (Å²) in [5, 5.41) is 0. The first-order chi connectivity index (χ1) is 8.85. The van der Waals surface area contributed by atoms with E-state index in [0.717, 1.165) is 6.42 Å². The first kappa shape index (κ1) is 15.5. The van der Waals surface area contributed by atoms with E-state index in [-0.39, 0.29) is 24.1 Å². The lowest BCUT2D eigenvalue weighted by molar-refractivity contribution is -0.149. The first-order valence-electron chi connectivity index (χ1n) is 6.78. The van der Waals surface area contributed by atoms with Crippen molar-refractivity contribution >= 4 is 5.97 Å². The molecular formula is C16H24O3. The van der Waals surface area contributed by atoms with Gasteiger partial charge in [-0.05, 0) is 43.4 Å². The van der Waals surface area contributed by atoms with Crippen molar-refractivity contribution < 1.29 is 14.3 Å². The van der Waals surface area contributed by atoms with Crippen molar-refractivity contribution in [3.05, 3.63) is 29.8 Å². The van der Waals surface area contributed by atoms with E-state index in [4.69, 9.17) is 9.47 Å². The van der Waals surface area contributed by atoms with Gasteiger partial charge in [0.15, 0.2) is 6.61 Å². The molecule has 0 aliphatic rings. The molecule has 0 radical (unpaired) electrons. The molecule has 0 spiro atoms. The molecule has 106 valence electrons. The maximum atomic E-state index is 11.4. The van der Waals surface area contributed by atoms with Gasteiger partial charge >= 0.3 is 5.97 Å². The smallest absolute Gasteiger partial charge is 0.344 e. The molecule has 0 atom stereocenters. The van der Waals surface area contributed by atoms with Gasteiger partial charge in [0.1, 0.15) is 5.75 Å². The molecule has 3 heteroatoms. The Bertz CT molecular complexity index is 405. The predicted molar refractivity (Wildman–Crippen MR) is 76.5 cm³/mol. The van der Waals surface area contributed by atoms with E-state index in [0.29, 0.717) is 5.75 Å². The van der Waals surface area contributed by atoms with Gasteiger partial charge in [-0.25, -0.2) is 4.79 Å². The Labute approximate surface area is 115 Å². The fourth-order valence-corrected chi connectivity index (χ4v) is 1.65. The third kappa shape index (κ3) is 4.93. The van der Waals surface area contributed by atoms with Crippen LogP contribution in [0.15, 0.2) is 24.3 Å². The molecule has 19 heavy (non-hydrogen) atoms. The maximum Gasteiger partial charge on any atom is 0.344 e. The number of carbonyl (C=O) groups excluding carboxylic acids is 1. The fraction of sp³-hybridized carbons (Fsp3) is 0.562. The Kier molecular flexibility index (Phi) is 5.40. The zero-order valence-electron chi connectivity index (χ0n) is 12.5. The molecular weight excluding hydrogens is 240 g/mol. The van der Waals surface area contributed by atoms with Gasteiger partial charge in [0.05, 0.1) is 6.10 Å². The summed E-state index contributed by atoms with van der Waals surface area (Å²) in [5.41, 5.74) is 1.43.